The van der Waals surface area contributed by atoms with E-state index in [0.29, 0.717) is 0 Å². The molecule has 0 spiro atoms. The Labute approximate surface area is 380 Å². The first-order valence-corrected chi connectivity index (χ1v) is 22.9. The maximum absolute atomic E-state index is 6.75. The van der Waals surface area contributed by atoms with Crippen molar-refractivity contribution in [3.8, 4) is 33.4 Å². The smallest absolute Gasteiger partial charge is 0.136 e. The topological polar surface area (TPSA) is 25.5 Å². The number of allylic oxidation sites excluding steroid dienone is 1. The van der Waals surface area contributed by atoms with Crippen molar-refractivity contribution in [1.82, 2.24) is 0 Å². The maximum atomic E-state index is 6.75. The minimum atomic E-state index is -0.0215. The second-order valence-corrected chi connectivity index (χ2v) is 17.3. The van der Waals surface area contributed by atoms with Gasteiger partial charge in [-0.3, -0.25) is 4.99 Å². The van der Waals surface area contributed by atoms with Gasteiger partial charge in [0.05, 0.1) is 6.04 Å². The third-order valence-corrected chi connectivity index (χ3v) is 13.0. The highest BCUT2D eigenvalue weighted by atomic mass is 16.3. The molecule has 10 aromatic carbocycles. The Morgan fingerprint density at radius 2 is 1.14 bits per heavy atom. The van der Waals surface area contributed by atoms with Crippen LogP contribution in [-0.4, -0.2) is 5.71 Å². The molecule has 0 amide bonds. The van der Waals surface area contributed by atoms with Crippen LogP contribution in [0.5, 0.6) is 0 Å². The van der Waals surface area contributed by atoms with Crippen molar-refractivity contribution < 1.29 is 4.42 Å². The van der Waals surface area contributed by atoms with E-state index in [0.717, 1.165) is 52.5 Å². The van der Waals surface area contributed by atoms with Gasteiger partial charge in [-0.15, -0.1) is 0 Å². The van der Waals surface area contributed by atoms with E-state index in [4.69, 9.17) is 9.41 Å². The zero-order valence-corrected chi connectivity index (χ0v) is 36.8. The molecule has 2 nitrogen and oxygen atoms in total. The van der Waals surface area contributed by atoms with Crippen molar-refractivity contribution in [2.45, 2.75) is 39.2 Å². The molecule has 65 heavy (non-hydrogen) atoms. The van der Waals surface area contributed by atoms with Crippen molar-refractivity contribution in [3.63, 3.8) is 0 Å². The van der Waals surface area contributed by atoms with Crippen LogP contribution < -0.4 is 0 Å². The van der Waals surface area contributed by atoms with Gasteiger partial charge in [-0.25, -0.2) is 0 Å². The van der Waals surface area contributed by atoms with Gasteiger partial charge in [0.1, 0.15) is 11.2 Å². The van der Waals surface area contributed by atoms with Crippen LogP contribution in [-0.2, 0) is 0 Å². The summed E-state index contributed by atoms with van der Waals surface area (Å²) in [5.74, 6) is 0. The van der Waals surface area contributed by atoms with Crippen molar-refractivity contribution in [1.29, 1.82) is 0 Å². The normalized spacial score (nSPS) is 12.8. The first-order valence-electron chi connectivity index (χ1n) is 22.9. The molecule has 0 N–H and O–H groups in total. The molecule has 0 aliphatic carbocycles. The van der Waals surface area contributed by atoms with Gasteiger partial charge >= 0.3 is 0 Å². The summed E-state index contributed by atoms with van der Waals surface area (Å²) in [4.78, 5) is 5.76. The molecule has 11 rings (SSSR count). The molecule has 1 aromatic heterocycles. The van der Waals surface area contributed by atoms with Crippen molar-refractivity contribution in [2.75, 3.05) is 0 Å². The molecular formula is C63H49NO. The summed E-state index contributed by atoms with van der Waals surface area (Å²) in [6.07, 6.45) is 5.01. The average molecular weight is 836 g/mol. The third kappa shape index (κ3) is 7.72. The van der Waals surface area contributed by atoms with E-state index in [1.807, 2.05) is 0 Å². The quantitative estimate of drug-likeness (QED) is 0.119. The third-order valence-electron chi connectivity index (χ3n) is 13.0. The fraction of sp³-hybridized carbons (Fsp3) is 0.0952. The molecule has 0 aliphatic heterocycles. The second kappa shape index (κ2) is 17.4. The summed E-state index contributed by atoms with van der Waals surface area (Å²) in [5, 5.41) is 9.64. The predicted octanol–water partition coefficient (Wildman–Crippen LogP) is 17.9. The van der Waals surface area contributed by atoms with Gasteiger partial charge in [0.2, 0.25) is 0 Å². The molecule has 312 valence electrons. The van der Waals surface area contributed by atoms with Crippen LogP contribution in [0.25, 0.3) is 93.7 Å². The molecule has 0 aliphatic rings. The minimum absolute atomic E-state index is 0.0215. The van der Waals surface area contributed by atoms with Crippen LogP contribution in [0.2, 0.25) is 0 Å². The first-order chi connectivity index (χ1) is 32.1. The number of hydrogen-bond donors (Lipinski definition) is 0. The summed E-state index contributed by atoms with van der Waals surface area (Å²) >= 11 is 0. The molecule has 0 bridgehead atoms. The summed E-state index contributed by atoms with van der Waals surface area (Å²) in [7, 11) is 0. The Morgan fingerprint density at radius 3 is 1.94 bits per heavy atom. The molecule has 1 atom stereocenters. The Hall–Kier alpha value is -7.81. The van der Waals surface area contributed by atoms with E-state index in [-0.39, 0.29) is 6.04 Å². The fourth-order valence-electron chi connectivity index (χ4n) is 9.99. The lowest BCUT2D eigenvalue weighted by Gasteiger charge is -2.19. The molecular weight excluding hydrogens is 787 g/mol. The maximum Gasteiger partial charge on any atom is 0.136 e. The number of rotatable bonds is 11. The summed E-state index contributed by atoms with van der Waals surface area (Å²) in [5.41, 5.74) is 15.0. The highest BCUT2D eigenvalue weighted by Gasteiger charge is 2.20. The first kappa shape index (κ1) is 40.0. The molecule has 11 aromatic rings. The van der Waals surface area contributed by atoms with Crippen LogP contribution in [0.15, 0.2) is 227 Å². The number of nitrogens with zero attached hydrogens (tertiary/aromatic N) is 1. The van der Waals surface area contributed by atoms with Crippen LogP contribution >= 0.6 is 0 Å². The number of fused-ring (bicyclic) bond motifs is 6. The van der Waals surface area contributed by atoms with Crippen molar-refractivity contribution in [3.05, 3.63) is 235 Å². The molecule has 0 saturated carbocycles. The molecule has 1 heterocycles. The fourth-order valence-corrected chi connectivity index (χ4v) is 9.99. The van der Waals surface area contributed by atoms with Crippen molar-refractivity contribution in [2.24, 2.45) is 4.99 Å². The average Bonchev–Trinajstić information content (AvgIpc) is 3.74. The monoisotopic (exact) mass is 835 g/mol. The Kier molecular flexibility index (Phi) is 10.7. The van der Waals surface area contributed by atoms with E-state index in [1.165, 1.54) is 82.4 Å². The molecule has 2 heteroatoms. The predicted molar refractivity (Wildman–Crippen MR) is 278 cm³/mol. The van der Waals surface area contributed by atoms with Gasteiger partial charge in [0, 0.05) is 22.9 Å². The van der Waals surface area contributed by atoms with Gasteiger partial charge in [0.15, 0.2) is 0 Å². The number of furan rings is 1. The second-order valence-electron chi connectivity index (χ2n) is 17.3. The summed E-state index contributed by atoms with van der Waals surface area (Å²) in [6.45, 7) is 4.50. The van der Waals surface area contributed by atoms with E-state index in [1.54, 1.807) is 0 Å². The Morgan fingerprint density at radius 1 is 0.492 bits per heavy atom. The van der Waals surface area contributed by atoms with Gasteiger partial charge in [-0.05, 0) is 120 Å². The van der Waals surface area contributed by atoms with Gasteiger partial charge in [-0.1, -0.05) is 213 Å². The lowest BCUT2D eigenvalue weighted by atomic mass is 9.89. The van der Waals surface area contributed by atoms with Crippen LogP contribution in [0.4, 0.5) is 0 Å². The molecule has 1 unspecified atom stereocenters. The van der Waals surface area contributed by atoms with Gasteiger partial charge in [0.25, 0.3) is 0 Å². The highest BCUT2D eigenvalue weighted by Crippen LogP contribution is 2.43. The summed E-state index contributed by atoms with van der Waals surface area (Å²) < 4.78 is 6.75. The SMILES string of the molecule is CCCC(N=C(C/C(C)=C\c1ccccc1)c1ccc2ccccc2c1)c1cccc2c(-c3cccc4oc5cc(-c6ccc(-c7ccccc7)c7ccccc67)ccc5c34)cccc12. The molecule has 0 saturated heterocycles. The van der Waals surface area contributed by atoms with E-state index in [2.05, 4.69) is 232 Å². The van der Waals surface area contributed by atoms with E-state index in [9.17, 15) is 0 Å². The van der Waals surface area contributed by atoms with Crippen LogP contribution in [0.1, 0.15) is 55.8 Å². The highest BCUT2D eigenvalue weighted by molar-refractivity contribution is 6.16. The van der Waals surface area contributed by atoms with Gasteiger partial charge in [-0.2, -0.15) is 0 Å². The van der Waals surface area contributed by atoms with Crippen LogP contribution in [0.3, 0.4) is 0 Å². The zero-order valence-electron chi connectivity index (χ0n) is 36.8. The number of aliphatic imine (C=N–C) groups is 1. The lowest BCUT2D eigenvalue weighted by molar-refractivity contribution is 0.644. The molecule has 0 fully saturated rings. The minimum Gasteiger partial charge on any atom is -0.456 e. The van der Waals surface area contributed by atoms with E-state index < -0.39 is 0 Å². The Bertz CT molecular complexity index is 3590. The Balaban J connectivity index is 1.01. The standard InChI is InChI=1S/C63H49NO/c1-3-17-59(64-60(39-42(2)38-43-18-6-4-7-19-43)48-33-32-44-20-10-11-23-46(44)40-48)56-29-15-26-53-54(56)27-14-28-55(53)57-30-16-31-61-63(57)58-35-34-47(41-62(58)65-61)50-37-36-49(45-21-8-5-9-22-45)51-24-12-13-25-52(50)51/h4-16,18-38,40-41,59H,3,17,39H2,1-2H3/b42-38-,64-60?. The lowest BCUT2D eigenvalue weighted by Crippen LogP contribution is -2.07. The van der Waals surface area contributed by atoms with Crippen molar-refractivity contribution >= 4 is 66.0 Å². The summed E-state index contributed by atoms with van der Waals surface area (Å²) in [6, 6.07) is 76.7. The number of hydrogen-bond acceptors (Lipinski definition) is 2. The number of benzene rings is 10. The largest absolute Gasteiger partial charge is 0.456 e. The molecule has 0 radical (unpaired) electrons. The van der Waals surface area contributed by atoms with Crippen LogP contribution in [0, 0.1) is 0 Å². The van der Waals surface area contributed by atoms with Gasteiger partial charge < -0.3 is 4.42 Å². The zero-order chi connectivity index (χ0) is 43.7. The van der Waals surface area contributed by atoms with E-state index >= 15 is 0 Å².